The van der Waals surface area contributed by atoms with E-state index < -0.39 is 35.6 Å². The summed E-state index contributed by atoms with van der Waals surface area (Å²) in [6.07, 6.45) is 0.744. The molecule has 5 rings (SSSR count). The molecule has 0 spiro atoms. The highest BCUT2D eigenvalue weighted by atomic mass is 16.5. The second-order valence-corrected chi connectivity index (χ2v) is 12.5. The molecule has 0 heterocycles. The second-order valence-electron chi connectivity index (χ2n) is 12.5. The number of unbranched alkanes of at least 4 members (excludes halogenated alkanes) is 1. The van der Waals surface area contributed by atoms with Crippen molar-refractivity contribution in [2.75, 3.05) is 13.7 Å². The molecule has 0 aliphatic heterocycles. The highest BCUT2D eigenvalue weighted by Gasteiger charge is 2.36. The number of carboxylic acid groups (broad SMARTS) is 1. The normalized spacial score (nSPS) is 12.2. The summed E-state index contributed by atoms with van der Waals surface area (Å²) in [5.41, 5.74) is 4.06. The molecule has 268 valence electrons. The van der Waals surface area contributed by atoms with E-state index in [1.807, 2.05) is 109 Å². The van der Waals surface area contributed by atoms with Crippen LogP contribution >= 0.6 is 0 Å². The van der Waals surface area contributed by atoms with Crippen molar-refractivity contribution < 1.29 is 29.0 Å². The summed E-state index contributed by atoms with van der Waals surface area (Å²) in [4.78, 5) is 38.7. The number of hydrogen-bond acceptors (Lipinski definition) is 6. The third-order valence-corrected chi connectivity index (χ3v) is 8.96. The van der Waals surface area contributed by atoms with Crippen LogP contribution < -0.4 is 20.7 Å². The van der Waals surface area contributed by atoms with Gasteiger partial charge in [0.05, 0.1) is 12.6 Å². The van der Waals surface area contributed by atoms with Crippen molar-refractivity contribution in [1.29, 1.82) is 0 Å². The first kappa shape index (κ1) is 37.3. The average molecular weight is 700 g/mol. The van der Waals surface area contributed by atoms with Crippen molar-refractivity contribution in [1.82, 2.24) is 16.0 Å². The van der Waals surface area contributed by atoms with Crippen LogP contribution in [-0.2, 0) is 32.9 Å². The van der Waals surface area contributed by atoms with Crippen molar-refractivity contribution in [3.8, 4) is 5.75 Å². The molecule has 2 atom stereocenters. The van der Waals surface area contributed by atoms with E-state index >= 15 is 0 Å². The number of nitrogens with one attached hydrogen (secondary N) is 3. The molecule has 9 nitrogen and oxygen atoms in total. The lowest BCUT2D eigenvalue weighted by molar-refractivity contribution is -0.142. The topological polar surface area (TPSA) is 126 Å². The van der Waals surface area contributed by atoms with E-state index in [0.717, 1.165) is 33.6 Å². The molecule has 5 aromatic carbocycles. The molecule has 0 aliphatic carbocycles. The number of alkyl carbamates (subject to hydrolysis) is 1. The van der Waals surface area contributed by atoms with Gasteiger partial charge in [-0.1, -0.05) is 133 Å². The Hall–Kier alpha value is -5.93. The quantitative estimate of drug-likeness (QED) is 0.0582. The van der Waals surface area contributed by atoms with Gasteiger partial charge in [0.15, 0.2) is 0 Å². The number of benzene rings is 5. The molecule has 1 unspecified atom stereocenters. The van der Waals surface area contributed by atoms with Crippen LogP contribution in [-0.4, -0.2) is 48.8 Å². The summed E-state index contributed by atoms with van der Waals surface area (Å²) in [6, 6.07) is 44.6. The van der Waals surface area contributed by atoms with Gasteiger partial charge < -0.3 is 25.2 Å². The molecule has 0 saturated heterocycles. The zero-order valence-electron chi connectivity index (χ0n) is 29.2. The highest BCUT2D eigenvalue weighted by Crippen LogP contribution is 2.37. The van der Waals surface area contributed by atoms with Gasteiger partial charge in [-0.2, -0.15) is 0 Å². The fourth-order valence-corrected chi connectivity index (χ4v) is 6.27. The summed E-state index contributed by atoms with van der Waals surface area (Å²) in [6.45, 7) is 0.591. The van der Waals surface area contributed by atoms with Gasteiger partial charge >= 0.3 is 12.1 Å². The summed E-state index contributed by atoms with van der Waals surface area (Å²) in [7, 11) is 1.64. The minimum absolute atomic E-state index is 0.0342. The Morgan fingerprint density at radius 1 is 0.635 bits per heavy atom. The third kappa shape index (κ3) is 10.1. The Morgan fingerprint density at radius 3 is 1.69 bits per heavy atom. The van der Waals surface area contributed by atoms with Gasteiger partial charge in [0.25, 0.3) is 0 Å². The molecule has 9 heteroatoms. The molecule has 5 aromatic rings. The number of carbonyl (C=O) groups is 3. The monoisotopic (exact) mass is 699 g/mol. The number of amides is 2. The van der Waals surface area contributed by atoms with Gasteiger partial charge in [0.2, 0.25) is 5.91 Å². The van der Waals surface area contributed by atoms with Gasteiger partial charge in [-0.15, -0.1) is 0 Å². The first-order valence-electron chi connectivity index (χ1n) is 17.4. The van der Waals surface area contributed by atoms with Crippen LogP contribution in [0.25, 0.3) is 0 Å². The summed E-state index contributed by atoms with van der Waals surface area (Å²) in [5.74, 6) is -0.990. The summed E-state index contributed by atoms with van der Waals surface area (Å²) >= 11 is 0. The number of carboxylic acids is 1. The Balaban J connectivity index is 1.25. The average Bonchev–Trinajstić information content (AvgIpc) is 3.19. The second kappa shape index (κ2) is 18.9. The van der Waals surface area contributed by atoms with Gasteiger partial charge in [-0.25, -0.2) is 9.59 Å². The van der Waals surface area contributed by atoms with Crippen LogP contribution in [0.1, 0.15) is 47.1 Å². The van der Waals surface area contributed by atoms with E-state index in [-0.39, 0.29) is 19.4 Å². The summed E-state index contributed by atoms with van der Waals surface area (Å²) < 4.78 is 10.8. The van der Waals surface area contributed by atoms with Gasteiger partial charge in [-0.3, -0.25) is 10.1 Å². The molecule has 0 saturated carbocycles. The number of aliphatic carboxylic acids is 1. The molecule has 0 bridgehead atoms. The SMILES string of the molecule is COc1ccc(C(NCCCCC(NC(=O)[C@H](Cc2ccccc2)NC(=O)OCc2ccccc2)C(=O)O)(c2ccccc2)c2ccccc2)cc1. The zero-order valence-corrected chi connectivity index (χ0v) is 29.2. The molecular weight excluding hydrogens is 654 g/mol. The predicted molar refractivity (Wildman–Crippen MR) is 201 cm³/mol. The first-order valence-corrected chi connectivity index (χ1v) is 17.4. The standard InChI is InChI=1S/C43H45N3O6/c1-51-37-27-25-36(26-28-37)43(34-20-10-4-11-21-34,35-22-12-5-13-23-35)44-29-15-14-24-38(41(48)49)45-40(47)39(30-32-16-6-2-7-17-32)46-42(50)52-31-33-18-8-3-9-19-33/h2-13,16-23,25-28,38-39,44H,14-15,24,29-31H2,1H3,(H,45,47)(H,46,50)(H,48,49)/t38?,39-/m0/s1. The first-order chi connectivity index (χ1) is 25.4. The van der Waals surface area contributed by atoms with Crippen molar-refractivity contribution >= 4 is 18.0 Å². The van der Waals surface area contributed by atoms with Crippen LogP contribution in [0, 0.1) is 0 Å². The smallest absolute Gasteiger partial charge is 0.408 e. The summed E-state index contributed by atoms with van der Waals surface area (Å²) in [5, 5.41) is 19.2. The van der Waals surface area contributed by atoms with Gasteiger partial charge in [-0.05, 0) is 65.8 Å². The predicted octanol–water partition coefficient (Wildman–Crippen LogP) is 6.85. The minimum Gasteiger partial charge on any atom is -0.497 e. The molecule has 0 aromatic heterocycles. The molecule has 0 radical (unpaired) electrons. The molecule has 0 aliphatic rings. The van der Waals surface area contributed by atoms with Gasteiger partial charge in [0, 0.05) is 6.42 Å². The van der Waals surface area contributed by atoms with Crippen molar-refractivity contribution in [2.45, 2.75) is 49.9 Å². The number of carbonyl (C=O) groups excluding carboxylic acids is 2. The molecule has 4 N–H and O–H groups in total. The minimum atomic E-state index is -1.15. The van der Waals surface area contributed by atoms with Crippen LogP contribution in [0.2, 0.25) is 0 Å². The van der Waals surface area contributed by atoms with Crippen molar-refractivity contribution in [3.05, 3.63) is 173 Å². The largest absolute Gasteiger partial charge is 0.497 e. The Kier molecular flexibility index (Phi) is 13.6. The molecular formula is C43H45N3O6. The third-order valence-electron chi connectivity index (χ3n) is 8.96. The maximum atomic E-state index is 13.5. The fraction of sp³-hybridized carbons (Fsp3) is 0.233. The lowest BCUT2D eigenvalue weighted by Crippen LogP contribution is -2.52. The fourth-order valence-electron chi connectivity index (χ4n) is 6.27. The van der Waals surface area contributed by atoms with E-state index in [1.54, 1.807) is 7.11 Å². The van der Waals surface area contributed by atoms with Crippen LogP contribution in [0.3, 0.4) is 0 Å². The maximum Gasteiger partial charge on any atom is 0.408 e. The molecule has 0 fully saturated rings. The van der Waals surface area contributed by atoms with E-state index in [4.69, 9.17) is 9.47 Å². The van der Waals surface area contributed by atoms with Crippen LogP contribution in [0.5, 0.6) is 5.75 Å². The zero-order chi connectivity index (χ0) is 36.6. The maximum absolute atomic E-state index is 13.5. The van der Waals surface area contributed by atoms with E-state index in [9.17, 15) is 19.5 Å². The Labute approximate surface area is 305 Å². The number of methoxy groups -OCH3 is 1. The van der Waals surface area contributed by atoms with E-state index in [0.29, 0.717) is 19.4 Å². The van der Waals surface area contributed by atoms with Crippen LogP contribution in [0.15, 0.2) is 146 Å². The van der Waals surface area contributed by atoms with E-state index in [2.05, 4.69) is 52.3 Å². The molecule has 2 amide bonds. The van der Waals surface area contributed by atoms with Crippen LogP contribution in [0.4, 0.5) is 4.79 Å². The lowest BCUT2D eigenvalue weighted by Gasteiger charge is -2.37. The Morgan fingerprint density at radius 2 is 1.15 bits per heavy atom. The highest BCUT2D eigenvalue weighted by molar-refractivity contribution is 5.89. The number of hydrogen-bond donors (Lipinski definition) is 4. The number of rotatable bonds is 18. The Bertz CT molecular complexity index is 1800. The van der Waals surface area contributed by atoms with Crippen molar-refractivity contribution in [2.24, 2.45) is 0 Å². The van der Waals surface area contributed by atoms with E-state index in [1.165, 1.54) is 0 Å². The van der Waals surface area contributed by atoms with Crippen molar-refractivity contribution in [3.63, 3.8) is 0 Å². The number of ether oxygens (including phenoxy) is 2. The van der Waals surface area contributed by atoms with Gasteiger partial charge in [0.1, 0.15) is 24.4 Å². The molecule has 52 heavy (non-hydrogen) atoms. The lowest BCUT2D eigenvalue weighted by atomic mass is 9.77.